The van der Waals surface area contributed by atoms with Crippen LogP contribution in [0.5, 0.6) is 11.5 Å². The van der Waals surface area contributed by atoms with Crippen LogP contribution in [0.3, 0.4) is 0 Å². The minimum absolute atomic E-state index is 0.333. The fraction of sp³-hybridized carbons (Fsp3) is 0.227. The molecule has 1 aromatic heterocycles. The molecule has 8 nitrogen and oxygen atoms in total. The summed E-state index contributed by atoms with van der Waals surface area (Å²) in [5.41, 5.74) is 1.81. The van der Waals surface area contributed by atoms with Gasteiger partial charge in [0.1, 0.15) is 23.4 Å². The molecule has 3 N–H and O–H groups in total. The van der Waals surface area contributed by atoms with Crippen LogP contribution in [0.4, 0.5) is 16.3 Å². The third-order valence-electron chi connectivity index (χ3n) is 4.25. The van der Waals surface area contributed by atoms with E-state index in [0.29, 0.717) is 42.5 Å². The fourth-order valence-corrected chi connectivity index (χ4v) is 2.86. The third-order valence-corrected chi connectivity index (χ3v) is 4.25. The molecule has 30 heavy (non-hydrogen) atoms. The maximum absolute atomic E-state index is 12.0. The van der Waals surface area contributed by atoms with Crippen LogP contribution in [0.1, 0.15) is 12.5 Å². The van der Waals surface area contributed by atoms with Crippen molar-refractivity contribution in [2.75, 3.05) is 37.4 Å². The predicted octanol–water partition coefficient (Wildman–Crippen LogP) is 3.75. The second kappa shape index (κ2) is 9.98. The molecule has 0 fully saturated rings. The van der Waals surface area contributed by atoms with Crippen LogP contribution in [0.2, 0.25) is 0 Å². The average Bonchev–Trinajstić information content (AvgIpc) is 2.76. The van der Waals surface area contributed by atoms with Gasteiger partial charge in [-0.25, -0.2) is 9.78 Å². The van der Waals surface area contributed by atoms with Crippen LogP contribution in [0.15, 0.2) is 48.5 Å². The van der Waals surface area contributed by atoms with Gasteiger partial charge in [0.25, 0.3) is 0 Å². The Kier molecular flexibility index (Phi) is 6.90. The number of ether oxygens (including phenoxy) is 2. The zero-order valence-electron chi connectivity index (χ0n) is 16.9. The van der Waals surface area contributed by atoms with Gasteiger partial charge in [0.2, 0.25) is 0 Å². The molecule has 0 saturated heterocycles. The monoisotopic (exact) mass is 405 g/mol. The third kappa shape index (κ3) is 5.29. The van der Waals surface area contributed by atoms with Gasteiger partial charge in [-0.1, -0.05) is 6.07 Å². The van der Waals surface area contributed by atoms with Gasteiger partial charge in [-0.2, -0.15) is 5.26 Å². The van der Waals surface area contributed by atoms with Crippen LogP contribution in [-0.2, 0) is 0 Å². The van der Waals surface area contributed by atoms with Gasteiger partial charge >= 0.3 is 6.03 Å². The number of rotatable bonds is 8. The lowest BCUT2D eigenvalue weighted by molar-refractivity contribution is 0.252. The second-order valence-electron chi connectivity index (χ2n) is 6.32. The van der Waals surface area contributed by atoms with Crippen molar-refractivity contribution < 1.29 is 14.3 Å². The number of urea groups is 1. The Balaban J connectivity index is 1.56. The first-order valence-corrected chi connectivity index (χ1v) is 9.53. The molecule has 0 bridgehead atoms. The summed E-state index contributed by atoms with van der Waals surface area (Å²) in [6.07, 6.45) is 0. The first-order valence-electron chi connectivity index (χ1n) is 9.53. The normalized spacial score (nSPS) is 10.2. The van der Waals surface area contributed by atoms with Gasteiger partial charge in [0.05, 0.1) is 24.8 Å². The molecule has 0 aliphatic heterocycles. The Labute approximate surface area is 174 Å². The number of hydrogen-bond acceptors (Lipinski definition) is 6. The summed E-state index contributed by atoms with van der Waals surface area (Å²) >= 11 is 0. The number of benzene rings is 2. The van der Waals surface area contributed by atoms with Crippen LogP contribution in [0.25, 0.3) is 10.9 Å². The molecule has 0 saturated carbocycles. The maximum atomic E-state index is 12.0. The largest absolute Gasteiger partial charge is 0.497 e. The standard InChI is InChI=1S/C22H23N5O3/c1-3-30-19-7-8-20-15(12-19)11-16(14-23)21(27-20)24-9-10-25-22(28)26-17-5-4-6-18(13-17)29-2/h4-8,11-13H,3,9-10H2,1-2H3,(H,24,27)(H2,25,26,28). The molecule has 0 aliphatic rings. The van der Waals surface area contributed by atoms with Gasteiger partial charge in [0, 0.05) is 30.2 Å². The zero-order chi connectivity index (χ0) is 21.3. The van der Waals surface area contributed by atoms with E-state index in [1.54, 1.807) is 37.4 Å². The van der Waals surface area contributed by atoms with Gasteiger partial charge in [-0.05, 0) is 43.3 Å². The first kappa shape index (κ1) is 20.7. The van der Waals surface area contributed by atoms with E-state index in [0.717, 1.165) is 16.7 Å². The van der Waals surface area contributed by atoms with Crippen molar-refractivity contribution in [1.82, 2.24) is 10.3 Å². The van der Waals surface area contributed by atoms with Crippen LogP contribution in [-0.4, -0.2) is 37.8 Å². The topological polar surface area (TPSA) is 108 Å². The lowest BCUT2D eigenvalue weighted by atomic mass is 10.1. The highest BCUT2D eigenvalue weighted by atomic mass is 16.5. The Morgan fingerprint density at radius 1 is 1.13 bits per heavy atom. The van der Waals surface area contributed by atoms with E-state index in [1.165, 1.54) is 0 Å². The summed E-state index contributed by atoms with van der Waals surface area (Å²) in [6.45, 7) is 3.25. The number of aromatic nitrogens is 1. The van der Waals surface area contributed by atoms with Crippen molar-refractivity contribution in [3.8, 4) is 17.6 Å². The highest BCUT2D eigenvalue weighted by Crippen LogP contribution is 2.24. The molecule has 8 heteroatoms. The summed E-state index contributed by atoms with van der Waals surface area (Å²) < 4.78 is 10.6. The summed E-state index contributed by atoms with van der Waals surface area (Å²) in [5.74, 6) is 1.88. The lowest BCUT2D eigenvalue weighted by Gasteiger charge is -2.11. The Hall–Kier alpha value is -3.99. The molecule has 1 heterocycles. The summed E-state index contributed by atoms with van der Waals surface area (Å²) in [5, 5.41) is 18.9. The Morgan fingerprint density at radius 3 is 2.77 bits per heavy atom. The molecule has 0 spiro atoms. The number of pyridine rings is 1. The number of nitrogens with one attached hydrogen (secondary N) is 3. The fourth-order valence-electron chi connectivity index (χ4n) is 2.86. The molecule has 3 aromatic rings. The number of hydrogen-bond donors (Lipinski definition) is 3. The summed E-state index contributed by atoms with van der Waals surface area (Å²) in [4.78, 5) is 16.6. The number of methoxy groups -OCH3 is 1. The molecule has 0 atom stereocenters. The van der Waals surface area contributed by atoms with Crippen molar-refractivity contribution in [3.05, 3.63) is 54.1 Å². The van der Waals surface area contributed by atoms with E-state index in [-0.39, 0.29) is 6.03 Å². The van der Waals surface area contributed by atoms with E-state index in [4.69, 9.17) is 9.47 Å². The van der Waals surface area contributed by atoms with E-state index in [9.17, 15) is 10.1 Å². The molecule has 0 aliphatic carbocycles. The first-order chi connectivity index (χ1) is 14.6. The minimum Gasteiger partial charge on any atom is -0.497 e. The minimum atomic E-state index is -0.333. The predicted molar refractivity (Wildman–Crippen MR) is 116 cm³/mol. The molecule has 0 radical (unpaired) electrons. The molecular formula is C22H23N5O3. The number of anilines is 2. The average molecular weight is 405 g/mol. The number of fused-ring (bicyclic) bond motifs is 1. The van der Waals surface area contributed by atoms with Crippen molar-refractivity contribution in [3.63, 3.8) is 0 Å². The molecule has 0 unspecified atom stereocenters. The highest BCUT2D eigenvalue weighted by molar-refractivity contribution is 5.89. The number of nitriles is 1. The maximum Gasteiger partial charge on any atom is 0.319 e. The van der Waals surface area contributed by atoms with Crippen LogP contribution >= 0.6 is 0 Å². The van der Waals surface area contributed by atoms with E-state index < -0.39 is 0 Å². The number of nitrogens with zero attached hydrogens (tertiary/aromatic N) is 2. The SMILES string of the molecule is CCOc1ccc2nc(NCCNC(=O)Nc3cccc(OC)c3)c(C#N)cc2c1. The number of carbonyl (C=O) groups excluding carboxylic acids is 1. The summed E-state index contributed by atoms with van der Waals surface area (Å²) in [6, 6.07) is 16.3. The Morgan fingerprint density at radius 2 is 2.00 bits per heavy atom. The van der Waals surface area contributed by atoms with E-state index in [1.807, 2.05) is 25.1 Å². The number of amides is 2. The van der Waals surface area contributed by atoms with E-state index in [2.05, 4.69) is 27.0 Å². The molecular weight excluding hydrogens is 382 g/mol. The smallest absolute Gasteiger partial charge is 0.319 e. The van der Waals surface area contributed by atoms with Gasteiger partial charge < -0.3 is 25.4 Å². The van der Waals surface area contributed by atoms with Crippen molar-refractivity contribution in [2.45, 2.75) is 6.92 Å². The van der Waals surface area contributed by atoms with Crippen molar-refractivity contribution >= 4 is 28.4 Å². The van der Waals surface area contributed by atoms with Crippen LogP contribution in [0, 0.1) is 11.3 Å². The Bertz CT molecular complexity index is 1080. The van der Waals surface area contributed by atoms with E-state index >= 15 is 0 Å². The molecule has 154 valence electrons. The second-order valence-corrected chi connectivity index (χ2v) is 6.32. The van der Waals surface area contributed by atoms with Crippen molar-refractivity contribution in [2.24, 2.45) is 0 Å². The lowest BCUT2D eigenvalue weighted by Crippen LogP contribution is -2.32. The highest BCUT2D eigenvalue weighted by Gasteiger charge is 2.08. The molecule has 2 aromatic carbocycles. The van der Waals surface area contributed by atoms with Gasteiger partial charge in [-0.15, -0.1) is 0 Å². The quantitative estimate of drug-likeness (QED) is 0.493. The summed E-state index contributed by atoms with van der Waals surface area (Å²) in [7, 11) is 1.57. The molecule has 3 rings (SSSR count). The van der Waals surface area contributed by atoms with Gasteiger partial charge in [-0.3, -0.25) is 0 Å². The van der Waals surface area contributed by atoms with Crippen molar-refractivity contribution in [1.29, 1.82) is 5.26 Å². The zero-order valence-corrected chi connectivity index (χ0v) is 16.9. The van der Waals surface area contributed by atoms with Crippen LogP contribution < -0.4 is 25.4 Å². The number of carbonyl (C=O) groups is 1. The molecule has 2 amide bonds. The van der Waals surface area contributed by atoms with Gasteiger partial charge in [0.15, 0.2) is 0 Å².